The summed E-state index contributed by atoms with van der Waals surface area (Å²) in [6, 6.07) is 3.79. The van der Waals surface area contributed by atoms with E-state index in [1.807, 2.05) is 32.9 Å². The number of hydrogen-bond acceptors (Lipinski definition) is 3. The summed E-state index contributed by atoms with van der Waals surface area (Å²) in [5, 5.41) is 0. The number of rotatable bonds is 5. The van der Waals surface area contributed by atoms with Crippen molar-refractivity contribution in [2.75, 3.05) is 27.2 Å². The standard InChI is InChI=1S/C15H24N2O2/c1-10(8-16)9-17(4)15(18)13-6-11(2)12(3)7-14(13)19-5/h6-7,10H,8-9,16H2,1-5H3. The molecule has 1 amide bonds. The van der Waals surface area contributed by atoms with E-state index in [0.717, 1.165) is 11.1 Å². The minimum absolute atomic E-state index is 0.0275. The first-order chi connectivity index (χ1) is 8.90. The minimum atomic E-state index is -0.0275. The Morgan fingerprint density at radius 2 is 1.95 bits per heavy atom. The molecule has 0 saturated heterocycles. The van der Waals surface area contributed by atoms with Crippen LogP contribution in [0.3, 0.4) is 0 Å². The molecule has 4 nitrogen and oxygen atoms in total. The van der Waals surface area contributed by atoms with Crippen molar-refractivity contribution in [1.82, 2.24) is 4.90 Å². The lowest BCUT2D eigenvalue weighted by Crippen LogP contribution is -2.33. The van der Waals surface area contributed by atoms with Crippen LogP contribution in [0.2, 0.25) is 0 Å². The molecular weight excluding hydrogens is 240 g/mol. The van der Waals surface area contributed by atoms with Gasteiger partial charge in [-0.25, -0.2) is 0 Å². The van der Waals surface area contributed by atoms with Crippen LogP contribution in [0.5, 0.6) is 5.75 Å². The Bertz CT molecular complexity index is 458. The molecule has 0 radical (unpaired) electrons. The van der Waals surface area contributed by atoms with Crippen molar-refractivity contribution in [3.63, 3.8) is 0 Å². The normalized spacial score (nSPS) is 12.1. The number of aryl methyl sites for hydroxylation is 2. The van der Waals surface area contributed by atoms with Crippen molar-refractivity contribution >= 4 is 5.91 Å². The third-order valence-electron chi connectivity index (χ3n) is 3.38. The molecule has 1 aromatic carbocycles. The molecule has 1 unspecified atom stereocenters. The van der Waals surface area contributed by atoms with E-state index in [4.69, 9.17) is 10.5 Å². The van der Waals surface area contributed by atoms with Gasteiger partial charge in [0, 0.05) is 13.6 Å². The maximum absolute atomic E-state index is 12.4. The first kappa shape index (κ1) is 15.5. The zero-order chi connectivity index (χ0) is 14.6. The predicted octanol–water partition coefficient (Wildman–Crippen LogP) is 1.98. The van der Waals surface area contributed by atoms with Gasteiger partial charge in [0.05, 0.1) is 12.7 Å². The van der Waals surface area contributed by atoms with Gasteiger partial charge in [0.25, 0.3) is 5.91 Å². The van der Waals surface area contributed by atoms with Crippen LogP contribution in [0, 0.1) is 19.8 Å². The highest BCUT2D eigenvalue weighted by atomic mass is 16.5. The summed E-state index contributed by atoms with van der Waals surface area (Å²) in [6.07, 6.45) is 0. The van der Waals surface area contributed by atoms with Gasteiger partial charge in [0.15, 0.2) is 0 Å². The smallest absolute Gasteiger partial charge is 0.257 e. The van der Waals surface area contributed by atoms with Gasteiger partial charge < -0.3 is 15.4 Å². The van der Waals surface area contributed by atoms with Gasteiger partial charge in [-0.05, 0) is 49.6 Å². The Morgan fingerprint density at radius 1 is 1.37 bits per heavy atom. The van der Waals surface area contributed by atoms with Crippen molar-refractivity contribution in [2.45, 2.75) is 20.8 Å². The number of benzene rings is 1. The third-order valence-corrected chi connectivity index (χ3v) is 3.38. The van der Waals surface area contributed by atoms with E-state index < -0.39 is 0 Å². The van der Waals surface area contributed by atoms with Crippen molar-refractivity contribution in [3.05, 3.63) is 28.8 Å². The van der Waals surface area contributed by atoms with Gasteiger partial charge in [-0.3, -0.25) is 4.79 Å². The zero-order valence-corrected chi connectivity index (χ0v) is 12.5. The molecular formula is C15H24N2O2. The number of hydrogen-bond donors (Lipinski definition) is 1. The summed E-state index contributed by atoms with van der Waals surface area (Å²) in [5.74, 6) is 0.882. The van der Waals surface area contributed by atoms with Gasteiger partial charge in [0.1, 0.15) is 5.75 Å². The summed E-state index contributed by atoms with van der Waals surface area (Å²) < 4.78 is 5.31. The summed E-state index contributed by atoms with van der Waals surface area (Å²) in [6.45, 7) is 7.24. The van der Waals surface area contributed by atoms with Crippen LogP contribution >= 0.6 is 0 Å². The van der Waals surface area contributed by atoms with E-state index in [1.165, 1.54) is 0 Å². The molecule has 0 aliphatic rings. The number of carbonyl (C=O) groups excluding carboxylic acids is 1. The quantitative estimate of drug-likeness (QED) is 0.884. The highest BCUT2D eigenvalue weighted by Crippen LogP contribution is 2.24. The summed E-state index contributed by atoms with van der Waals surface area (Å²) in [5.41, 5.74) is 8.41. The number of nitrogens with two attached hydrogens (primary N) is 1. The third kappa shape index (κ3) is 3.70. The van der Waals surface area contributed by atoms with E-state index in [1.54, 1.807) is 19.1 Å². The van der Waals surface area contributed by atoms with Gasteiger partial charge in [-0.2, -0.15) is 0 Å². The average Bonchev–Trinajstić information content (AvgIpc) is 2.40. The van der Waals surface area contributed by atoms with Crippen molar-refractivity contribution in [1.29, 1.82) is 0 Å². The Hall–Kier alpha value is -1.55. The molecule has 4 heteroatoms. The number of methoxy groups -OCH3 is 1. The van der Waals surface area contributed by atoms with Gasteiger partial charge in [-0.15, -0.1) is 0 Å². The molecule has 1 rings (SSSR count). The Kier molecular flexibility index (Phi) is 5.36. The fourth-order valence-electron chi connectivity index (χ4n) is 1.96. The first-order valence-electron chi connectivity index (χ1n) is 6.51. The minimum Gasteiger partial charge on any atom is -0.496 e. The molecule has 0 fully saturated rings. The first-order valence-corrected chi connectivity index (χ1v) is 6.51. The van der Waals surface area contributed by atoms with E-state index in [9.17, 15) is 4.79 Å². The molecule has 19 heavy (non-hydrogen) atoms. The number of carbonyl (C=O) groups is 1. The molecule has 2 N–H and O–H groups in total. The van der Waals surface area contributed by atoms with Crippen molar-refractivity contribution < 1.29 is 9.53 Å². The van der Waals surface area contributed by atoms with Crippen LogP contribution < -0.4 is 10.5 Å². The van der Waals surface area contributed by atoms with Gasteiger partial charge in [-0.1, -0.05) is 6.92 Å². The van der Waals surface area contributed by atoms with Crippen LogP contribution in [0.1, 0.15) is 28.4 Å². The lowest BCUT2D eigenvalue weighted by Gasteiger charge is -2.22. The SMILES string of the molecule is COc1cc(C)c(C)cc1C(=O)N(C)CC(C)CN. The molecule has 1 aromatic rings. The van der Waals surface area contributed by atoms with Gasteiger partial charge in [0.2, 0.25) is 0 Å². The lowest BCUT2D eigenvalue weighted by atomic mass is 10.0. The predicted molar refractivity (Wildman–Crippen MR) is 77.6 cm³/mol. The average molecular weight is 264 g/mol. The molecule has 0 aliphatic carbocycles. The summed E-state index contributed by atoms with van der Waals surface area (Å²) >= 11 is 0. The highest BCUT2D eigenvalue weighted by molar-refractivity contribution is 5.97. The van der Waals surface area contributed by atoms with Crippen molar-refractivity contribution in [2.24, 2.45) is 11.7 Å². The molecule has 0 spiro atoms. The maximum Gasteiger partial charge on any atom is 0.257 e. The van der Waals surface area contributed by atoms with E-state index >= 15 is 0 Å². The number of nitrogens with zero attached hydrogens (tertiary/aromatic N) is 1. The van der Waals surface area contributed by atoms with Crippen LogP contribution in [0.25, 0.3) is 0 Å². The maximum atomic E-state index is 12.4. The molecule has 0 heterocycles. The second kappa shape index (κ2) is 6.57. The zero-order valence-electron chi connectivity index (χ0n) is 12.5. The second-order valence-electron chi connectivity index (χ2n) is 5.16. The molecule has 0 aromatic heterocycles. The topological polar surface area (TPSA) is 55.6 Å². The van der Waals surface area contributed by atoms with E-state index in [-0.39, 0.29) is 11.8 Å². The fourth-order valence-corrected chi connectivity index (χ4v) is 1.96. The number of ether oxygens (including phenoxy) is 1. The second-order valence-corrected chi connectivity index (χ2v) is 5.16. The van der Waals surface area contributed by atoms with Gasteiger partial charge >= 0.3 is 0 Å². The molecule has 0 aliphatic heterocycles. The Balaban J connectivity index is 3.01. The molecule has 106 valence electrons. The molecule has 0 bridgehead atoms. The highest BCUT2D eigenvalue weighted by Gasteiger charge is 2.18. The van der Waals surface area contributed by atoms with E-state index in [2.05, 4.69) is 0 Å². The molecule has 0 saturated carbocycles. The van der Waals surface area contributed by atoms with E-state index in [0.29, 0.717) is 24.4 Å². The molecule has 1 atom stereocenters. The Morgan fingerprint density at radius 3 is 2.47 bits per heavy atom. The summed E-state index contributed by atoms with van der Waals surface area (Å²) in [7, 11) is 3.38. The number of amides is 1. The van der Waals surface area contributed by atoms with Crippen LogP contribution in [0.4, 0.5) is 0 Å². The monoisotopic (exact) mass is 264 g/mol. The van der Waals surface area contributed by atoms with Crippen molar-refractivity contribution in [3.8, 4) is 5.75 Å². The largest absolute Gasteiger partial charge is 0.496 e. The van der Waals surface area contributed by atoms with Crippen LogP contribution in [-0.2, 0) is 0 Å². The lowest BCUT2D eigenvalue weighted by molar-refractivity contribution is 0.0774. The Labute approximate surface area is 115 Å². The van der Waals surface area contributed by atoms with Crippen LogP contribution in [0.15, 0.2) is 12.1 Å². The summed E-state index contributed by atoms with van der Waals surface area (Å²) in [4.78, 5) is 14.1. The van der Waals surface area contributed by atoms with Crippen LogP contribution in [-0.4, -0.2) is 38.1 Å². The fraction of sp³-hybridized carbons (Fsp3) is 0.533.